The van der Waals surface area contributed by atoms with Crippen LogP contribution in [-0.2, 0) is 13.1 Å². The number of halogens is 2. The highest BCUT2D eigenvalue weighted by Crippen LogP contribution is 2.16. The smallest absolute Gasteiger partial charge is 0.104 e. The average Bonchev–Trinajstić information content (AvgIpc) is 3.06. The number of benzene rings is 2. The second-order valence-electron chi connectivity index (χ2n) is 16.4. The average molecular weight is 781 g/mol. The van der Waals surface area contributed by atoms with Gasteiger partial charge in [-0.2, -0.15) is 0 Å². The molecular formula is C46H84BrClN2. The van der Waals surface area contributed by atoms with Crippen molar-refractivity contribution in [3.05, 3.63) is 71.8 Å². The molecule has 0 saturated heterocycles. The van der Waals surface area contributed by atoms with Gasteiger partial charge in [0.25, 0.3) is 0 Å². The molecule has 0 atom stereocenters. The van der Waals surface area contributed by atoms with Crippen LogP contribution in [0.5, 0.6) is 0 Å². The summed E-state index contributed by atoms with van der Waals surface area (Å²) in [4.78, 5) is 0. The maximum absolute atomic E-state index is 2.37. The van der Waals surface area contributed by atoms with Gasteiger partial charge in [-0.3, -0.25) is 0 Å². The van der Waals surface area contributed by atoms with E-state index < -0.39 is 0 Å². The largest absolute Gasteiger partial charge is 1.00 e. The second-order valence-corrected chi connectivity index (χ2v) is 16.4. The Bertz CT molecular complexity index is 934. The zero-order valence-electron chi connectivity index (χ0n) is 34.2. The normalized spacial score (nSPS) is 11.3. The zero-order valence-corrected chi connectivity index (χ0v) is 36.6. The predicted octanol–water partition coefficient (Wildman–Crippen LogP) is 7.94. The number of rotatable bonds is 30. The lowest BCUT2D eigenvalue weighted by Crippen LogP contribution is -3.00. The molecule has 2 aromatic carbocycles. The molecule has 0 amide bonds. The molecule has 0 fully saturated rings. The first-order valence-corrected chi connectivity index (χ1v) is 21.0. The van der Waals surface area contributed by atoms with Crippen molar-refractivity contribution in [1.82, 2.24) is 0 Å². The van der Waals surface area contributed by atoms with Gasteiger partial charge in [-0.05, 0) is 25.7 Å². The Morgan fingerprint density at radius 3 is 0.800 bits per heavy atom. The van der Waals surface area contributed by atoms with Crippen LogP contribution < -0.4 is 29.4 Å². The standard InChI is InChI=1S/C25H46N.C21H38N.BrH.ClH/c1-4-5-6-7-8-9-10-11-12-13-14-15-16-20-23-26(2,3)24-25-21-18-17-19-22-25;1-4-5-6-7-8-9-10-11-12-16-19-22(2,3)20-21-17-14-13-15-18-21;;/h17-19,21-22H,4-16,20,23-24H2,1-3H3;13-15,17-18H,4-12,16,19-20H2,1-3H3;2*1H/q2*+1;;/p-2. The summed E-state index contributed by atoms with van der Waals surface area (Å²) in [5.41, 5.74) is 2.92. The van der Waals surface area contributed by atoms with Crippen molar-refractivity contribution < 1.29 is 38.4 Å². The van der Waals surface area contributed by atoms with Crippen LogP contribution in [0.1, 0.15) is 179 Å². The highest BCUT2D eigenvalue weighted by molar-refractivity contribution is 5.14. The minimum absolute atomic E-state index is 0. The van der Waals surface area contributed by atoms with Gasteiger partial charge in [0, 0.05) is 11.1 Å². The minimum atomic E-state index is 0. The van der Waals surface area contributed by atoms with Crippen LogP contribution in [0.4, 0.5) is 0 Å². The zero-order chi connectivity index (χ0) is 35.0. The fourth-order valence-electron chi connectivity index (χ4n) is 7.08. The molecule has 292 valence electrons. The van der Waals surface area contributed by atoms with Crippen LogP contribution in [0, 0.1) is 0 Å². The molecule has 0 aromatic heterocycles. The van der Waals surface area contributed by atoms with Crippen molar-refractivity contribution >= 4 is 0 Å². The summed E-state index contributed by atoms with van der Waals surface area (Å²) in [5.74, 6) is 0. The Labute approximate surface area is 331 Å². The van der Waals surface area contributed by atoms with E-state index in [1.807, 2.05) is 0 Å². The molecule has 2 nitrogen and oxygen atoms in total. The molecule has 0 spiro atoms. The highest BCUT2D eigenvalue weighted by Gasteiger charge is 2.16. The third kappa shape index (κ3) is 33.0. The molecule has 0 heterocycles. The third-order valence-electron chi connectivity index (χ3n) is 10.1. The van der Waals surface area contributed by atoms with Crippen molar-refractivity contribution in [2.24, 2.45) is 0 Å². The van der Waals surface area contributed by atoms with Crippen LogP contribution in [0.2, 0.25) is 0 Å². The molecule has 0 radical (unpaired) electrons. The second kappa shape index (κ2) is 35.2. The molecule has 0 saturated carbocycles. The summed E-state index contributed by atoms with van der Waals surface area (Å²) < 4.78 is 2.23. The van der Waals surface area contributed by atoms with E-state index in [0.29, 0.717) is 0 Å². The van der Waals surface area contributed by atoms with Crippen LogP contribution in [0.15, 0.2) is 60.7 Å². The Morgan fingerprint density at radius 2 is 0.560 bits per heavy atom. The fraction of sp³-hybridized carbons (Fsp3) is 0.739. The fourth-order valence-corrected chi connectivity index (χ4v) is 7.08. The Balaban J connectivity index is 0. The van der Waals surface area contributed by atoms with Gasteiger partial charge in [-0.25, -0.2) is 0 Å². The summed E-state index contributed by atoms with van der Waals surface area (Å²) >= 11 is 0. The maximum Gasteiger partial charge on any atom is 0.104 e. The van der Waals surface area contributed by atoms with Gasteiger partial charge in [0.2, 0.25) is 0 Å². The van der Waals surface area contributed by atoms with E-state index in [1.165, 1.54) is 178 Å². The molecule has 0 unspecified atom stereocenters. The topological polar surface area (TPSA) is 0 Å². The molecular weight excluding hydrogens is 696 g/mol. The molecule has 50 heavy (non-hydrogen) atoms. The van der Waals surface area contributed by atoms with Crippen LogP contribution in [-0.4, -0.2) is 50.2 Å². The number of unbranched alkanes of at least 4 members (excludes halogenated alkanes) is 22. The molecule has 0 aliphatic heterocycles. The number of hydrogen-bond donors (Lipinski definition) is 0. The number of nitrogens with zero attached hydrogens (tertiary/aromatic N) is 2. The van der Waals surface area contributed by atoms with Gasteiger partial charge in [-0.15, -0.1) is 0 Å². The lowest BCUT2D eigenvalue weighted by Gasteiger charge is -2.30. The van der Waals surface area contributed by atoms with Crippen LogP contribution >= 0.6 is 0 Å². The van der Waals surface area contributed by atoms with E-state index in [9.17, 15) is 0 Å². The Morgan fingerprint density at radius 1 is 0.340 bits per heavy atom. The van der Waals surface area contributed by atoms with Gasteiger partial charge >= 0.3 is 0 Å². The molecule has 0 aliphatic carbocycles. The van der Waals surface area contributed by atoms with Crippen molar-refractivity contribution in [3.8, 4) is 0 Å². The van der Waals surface area contributed by atoms with E-state index in [-0.39, 0.29) is 29.4 Å². The monoisotopic (exact) mass is 779 g/mol. The number of quaternary nitrogens is 2. The summed E-state index contributed by atoms with van der Waals surface area (Å²) in [7, 11) is 9.46. The first kappa shape index (κ1) is 51.2. The molecule has 0 bridgehead atoms. The van der Waals surface area contributed by atoms with Gasteiger partial charge in [0.05, 0.1) is 41.3 Å². The van der Waals surface area contributed by atoms with Crippen molar-refractivity contribution in [2.45, 2.75) is 181 Å². The predicted molar refractivity (Wildman–Crippen MR) is 216 cm³/mol. The summed E-state index contributed by atoms with van der Waals surface area (Å²) in [6.07, 6.45) is 34.4. The summed E-state index contributed by atoms with van der Waals surface area (Å²) in [5, 5.41) is 0. The van der Waals surface area contributed by atoms with Crippen molar-refractivity contribution in [3.63, 3.8) is 0 Å². The van der Waals surface area contributed by atoms with Gasteiger partial charge in [-0.1, -0.05) is 203 Å². The molecule has 0 aliphatic rings. The van der Waals surface area contributed by atoms with E-state index in [0.717, 1.165) is 22.1 Å². The van der Waals surface area contributed by atoms with E-state index in [2.05, 4.69) is 103 Å². The molecule has 2 rings (SSSR count). The summed E-state index contributed by atoms with van der Waals surface area (Å²) in [6.45, 7) is 9.48. The van der Waals surface area contributed by atoms with Crippen LogP contribution in [0.3, 0.4) is 0 Å². The van der Waals surface area contributed by atoms with Crippen molar-refractivity contribution in [2.75, 3.05) is 41.3 Å². The first-order chi connectivity index (χ1) is 23.3. The highest BCUT2D eigenvalue weighted by atomic mass is 79.9. The SMILES string of the molecule is CCCCCCCCCCCCCCCC[N+](C)(C)Cc1ccccc1.CCCCCCCCCCCC[N+](C)(C)Cc1ccccc1.[Br-].[Cl-]. The van der Waals surface area contributed by atoms with Gasteiger partial charge in [0.1, 0.15) is 13.1 Å². The van der Waals surface area contributed by atoms with E-state index >= 15 is 0 Å². The molecule has 2 aromatic rings. The lowest BCUT2D eigenvalue weighted by atomic mass is 10.0. The lowest BCUT2D eigenvalue weighted by molar-refractivity contribution is -0.903. The Hall–Kier alpha value is -0.870. The Kier molecular flexibility index (Phi) is 36.0. The van der Waals surface area contributed by atoms with Gasteiger partial charge in [0.15, 0.2) is 0 Å². The van der Waals surface area contributed by atoms with E-state index in [4.69, 9.17) is 0 Å². The number of hydrogen-bond acceptors (Lipinski definition) is 0. The van der Waals surface area contributed by atoms with Gasteiger partial charge < -0.3 is 38.4 Å². The third-order valence-corrected chi connectivity index (χ3v) is 10.1. The summed E-state index contributed by atoms with van der Waals surface area (Å²) in [6, 6.07) is 21.8. The van der Waals surface area contributed by atoms with E-state index in [1.54, 1.807) is 0 Å². The van der Waals surface area contributed by atoms with Crippen molar-refractivity contribution in [1.29, 1.82) is 0 Å². The minimum Gasteiger partial charge on any atom is -1.00 e. The maximum atomic E-state index is 2.37. The molecule has 0 N–H and O–H groups in total. The molecule has 4 heteroatoms. The first-order valence-electron chi connectivity index (χ1n) is 21.0. The van der Waals surface area contributed by atoms with Crippen LogP contribution in [0.25, 0.3) is 0 Å². The quantitative estimate of drug-likeness (QED) is 0.0559.